The highest BCUT2D eigenvalue weighted by molar-refractivity contribution is 9.09. The molecule has 3 rings (SSSR count). The maximum absolute atomic E-state index is 13.8. The predicted octanol–water partition coefficient (Wildman–Crippen LogP) is 5.34. The molecule has 0 saturated heterocycles. The Hall–Kier alpha value is -1.33. The molecule has 0 saturated carbocycles. The van der Waals surface area contributed by atoms with Gasteiger partial charge in [-0.1, -0.05) is 58.5 Å². The first kappa shape index (κ1) is 13.6. The lowest BCUT2D eigenvalue weighted by Gasteiger charge is -2.04. The first-order chi connectivity index (χ1) is 9.70. The molecule has 0 aliphatic carbocycles. The summed E-state index contributed by atoms with van der Waals surface area (Å²) in [6.07, 6.45) is 0.957. The van der Waals surface area contributed by atoms with E-state index >= 15 is 0 Å². The van der Waals surface area contributed by atoms with Crippen LogP contribution in [0, 0.1) is 5.82 Å². The second-order valence-corrected chi connectivity index (χ2v) is 6.58. The van der Waals surface area contributed by atoms with Crippen molar-refractivity contribution in [2.75, 3.05) is 0 Å². The summed E-state index contributed by atoms with van der Waals surface area (Å²) in [6, 6.07) is 10.7. The maximum Gasteiger partial charge on any atom is 0.148 e. The number of halogens is 2. The van der Waals surface area contributed by atoms with Gasteiger partial charge in [0, 0.05) is 10.9 Å². The zero-order valence-electron chi connectivity index (χ0n) is 10.8. The monoisotopic (exact) mass is 350 g/mol. The van der Waals surface area contributed by atoms with Crippen molar-refractivity contribution in [1.82, 2.24) is 10.2 Å². The van der Waals surface area contributed by atoms with Crippen LogP contribution in [0.15, 0.2) is 36.4 Å². The second kappa shape index (κ2) is 5.58. The summed E-state index contributed by atoms with van der Waals surface area (Å²) in [4.78, 5) is 0.223. The number of alkyl halides is 1. The standard InChI is InChI=1S/C15H12BrFN2S/c1-2-12(16)15-19-18-14(20-15)11-7-8-13(17)10-6-4-3-5-9(10)11/h3-8,12H,2H2,1H3. The highest BCUT2D eigenvalue weighted by atomic mass is 79.9. The van der Waals surface area contributed by atoms with E-state index in [1.165, 1.54) is 6.07 Å². The number of nitrogens with zero attached hydrogens (tertiary/aromatic N) is 2. The van der Waals surface area contributed by atoms with E-state index in [1.807, 2.05) is 18.2 Å². The minimum Gasteiger partial charge on any atom is -0.206 e. The van der Waals surface area contributed by atoms with E-state index in [4.69, 9.17) is 0 Å². The molecule has 0 spiro atoms. The molecule has 0 N–H and O–H groups in total. The molecule has 0 bridgehead atoms. The molecule has 2 nitrogen and oxygen atoms in total. The number of rotatable bonds is 3. The molecule has 1 atom stereocenters. The van der Waals surface area contributed by atoms with Gasteiger partial charge in [-0.05, 0) is 23.9 Å². The van der Waals surface area contributed by atoms with E-state index in [2.05, 4.69) is 33.1 Å². The van der Waals surface area contributed by atoms with Gasteiger partial charge >= 0.3 is 0 Å². The Labute approximate surface area is 128 Å². The first-order valence-corrected chi connectivity index (χ1v) is 8.09. The van der Waals surface area contributed by atoms with Crippen LogP contribution in [0.5, 0.6) is 0 Å². The van der Waals surface area contributed by atoms with Crippen LogP contribution in [0.2, 0.25) is 0 Å². The Morgan fingerprint density at radius 3 is 2.65 bits per heavy atom. The fraction of sp³-hybridized carbons (Fsp3) is 0.200. The molecule has 1 heterocycles. The molecule has 3 aromatic rings. The fourth-order valence-corrected chi connectivity index (χ4v) is 3.41. The van der Waals surface area contributed by atoms with Crippen molar-refractivity contribution in [3.63, 3.8) is 0 Å². The Bertz CT molecular complexity index is 756. The minimum absolute atomic E-state index is 0.207. The topological polar surface area (TPSA) is 25.8 Å². The van der Waals surface area contributed by atoms with Crippen molar-refractivity contribution in [3.8, 4) is 10.6 Å². The molecule has 1 unspecified atom stereocenters. The van der Waals surface area contributed by atoms with E-state index in [1.54, 1.807) is 23.5 Å². The largest absolute Gasteiger partial charge is 0.206 e. The van der Waals surface area contributed by atoms with Crippen molar-refractivity contribution in [2.24, 2.45) is 0 Å². The summed E-state index contributed by atoms with van der Waals surface area (Å²) >= 11 is 5.13. The van der Waals surface area contributed by atoms with Gasteiger partial charge in [0.25, 0.3) is 0 Å². The Morgan fingerprint density at radius 2 is 1.90 bits per heavy atom. The summed E-state index contributed by atoms with van der Waals surface area (Å²) in [6.45, 7) is 2.09. The molecular formula is C15H12BrFN2S. The van der Waals surface area contributed by atoms with Crippen molar-refractivity contribution >= 4 is 38.0 Å². The molecule has 2 aromatic carbocycles. The highest BCUT2D eigenvalue weighted by Crippen LogP contribution is 2.36. The summed E-state index contributed by atoms with van der Waals surface area (Å²) in [5, 5.41) is 11.7. The van der Waals surface area contributed by atoms with Crippen molar-refractivity contribution < 1.29 is 4.39 Å². The van der Waals surface area contributed by atoms with Crippen LogP contribution in [0.3, 0.4) is 0 Å². The maximum atomic E-state index is 13.8. The lowest BCUT2D eigenvalue weighted by atomic mass is 10.0. The van der Waals surface area contributed by atoms with E-state index in [0.29, 0.717) is 5.39 Å². The Kier molecular flexibility index (Phi) is 3.81. The summed E-state index contributed by atoms with van der Waals surface area (Å²) in [7, 11) is 0. The average Bonchev–Trinajstić information content (AvgIpc) is 2.97. The quantitative estimate of drug-likeness (QED) is 0.595. The molecule has 0 radical (unpaired) electrons. The smallest absolute Gasteiger partial charge is 0.148 e. The Balaban J connectivity index is 2.15. The molecule has 1 aromatic heterocycles. The van der Waals surface area contributed by atoms with Crippen LogP contribution in [0.25, 0.3) is 21.3 Å². The molecule has 5 heteroatoms. The van der Waals surface area contributed by atoms with Crippen LogP contribution < -0.4 is 0 Å². The van der Waals surface area contributed by atoms with E-state index in [0.717, 1.165) is 27.4 Å². The molecule has 0 aliphatic heterocycles. The van der Waals surface area contributed by atoms with Gasteiger partial charge in [0.2, 0.25) is 0 Å². The van der Waals surface area contributed by atoms with E-state index in [-0.39, 0.29) is 10.6 Å². The number of hydrogen-bond acceptors (Lipinski definition) is 3. The lowest BCUT2D eigenvalue weighted by Crippen LogP contribution is -1.85. The Morgan fingerprint density at radius 1 is 1.15 bits per heavy atom. The van der Waals surface area contributed by atoms with Crippen LogP contribution in [-0.2, 0) is 0 Å². The minimum atomic E-state index is -0.207. The van der Waals surface area contributed by atoms with Crippen LogP contribution >= 0.6 is 27.3 Å². The second-order valence-electron chi connectivity index (χ2n) is 4.46. The van der Waals surface area contributed by atoms with E-state index in [9.17, 15) is 4.39 Å². The summed E-state index contributed by atoms with van der Waals surface area (Å²) in [5.41, 5.74) is 0.932. The van der Waals surface area contributed by atoms with Gasteiger partial charge in [-0.2, -0.15) is 0 Å². The number of aromatic nitrogens is 2. The summed E-state index contributed by atoms with van der Waals surface area (Å²) < 4.78 is 13.8. The lowest BCUT2D eigenvalue weighted by molar-refractivity contribution is 0.640. The third kappa shape index (κ3) is 2.36. The van der Waals surface area contributed by atoms with Gasteiger partial charge in [0.05, 0.1) is 4.83 Å². The number of fused-ring (bicyclic) bond motifs is 1. The fourth-order valence-electron chi connectivity index (χ4n) is 2.09. The van der Waals surface area contributed by atoms with Crippen LogP contribution in [-0.4, -0.2) is 10.2 Å². The molecule has 102 valence electrons. The molecular weight excluding hydrogens is 339 g/mol. The third-order valence-corrected chi connectivity index (χ3v) is 5.62. The van der Waals surface area contributed by atoms with Crippen LogP contribution in [0.4, 0.5) is 4.39 Å². The van der Waals surface area contributed by atoms with Crippen LogP contribution in [0.1, 0.15) is 23.2 Å². The van der Waals surface area contributed by atoms with Gasteiger partial charge in [-0.3, -0.25) is 0 Å². The summed E-state index contributed by atoms with van der Waals surface area (Å²) in [5.74, 6) is -0.207. The normalized spacial score (nSPS) is 12.8. The molecule has 0 amide bonds. The number of hydrogen-bond donors (Lipinski definition) is 0. The third-order valence-electron chi connectivity index (χ3n) is 3.17. The number of benzene rings is 2. The van der Waals surface area contributed by atoms with Crippen molar-refractivity contribution in [2.45, 2.75) is 18.2 Å². The molecule has 0 aliphatic rings. The van der Waals surface area contributed by atoms with E-state index < -0.39 is 0 Å². The zero-order chi connectivity index (χ0) is 14.1. The predicted molar refractivity (Wildman–Crippen MR) is 84.8 cm³/mol. The van der Waals surface area contributed by atoms with Gasteiger partial charge in [0.1, 0.15) is 15.8 Å². The molecule has 0 fully saturated rings. The van der Waals surface area contributed by atoms with Crippen molar-refractivity contribution in [1.29, 1.82) is 0 Å². The zero-order valence-corrected chi connectivity index (χ0v) is 13.2. The van der Waals surface area contributed by atoms with Crippen molar-refractivity contribution in [3.05, 3.63) is 47.2 Å². The highest BCUT2D eigenvalue weighted by Gasteiger charge is 2.15. The van der Waals surface area contributed by atoms with Gasteiger partial charge in [-0.15, -0.1) is 10.2 Å². The first-order valence-electron chi connectivity index (χ1n) is 6.35. The van der Waals surface area contributed by atoms with Gasteiger partial charge in [0.15, 0.2) is 0 Å². The van der Waals surface area contributed by atoms with Gasteiger partial charge < -0.3 is 0 Å². The average molecular weight is 351 g/mol. The SMILES string of the molecule is CCC(Br)c1nnc(-c2ccc(F)c3ccccc23)s1. The van der Waals surface area contributed by atoms with Gasteiger partial charge in [-0.25, -0.2) is 4.39 Å². The molecule has 20 heavy (non-hydrogen) atoms.